The minimum absolute atomic E-state index is 0.383. The largest absolute Gasteiger partial charge is 0.462 e. The Labute approximate surface area is 53.9 Å². The molecule has 0 rings (SSSR count). The standard InChI is InChI=1S/C5H10N2O2/c1-3-9-5(8)4-7-6-2/h4,6H,3H2,1-2H3/b7-4+. The zero-order chi connectivity index (χ0) is 7.11. The number of carbonyl (C=O) groups is 1. The van der Waals surface area contributed by atoms with Gasteiger partial charge in [0.1, 0.15) is 6.21 Å². The lowest BCUT2D eigenvalue weighted by Crippen LogP contribution is -2.07. The Balaban J connectivity index is 3.37. The number of hydrazone groups is 1. The Morgan fingerprint density at radius 3 is 3.00 bits per heavy atom. The summed E-state index contributed by atoms with van der Waals surface area (Å²) in [6.45, 7) is 2.12. The van der Waals surface area contributed by atoms with Crippen molar-refractivity contribution in [2.24, 2.45) is 5.10 Å². The highest BCUT2D eigenvalue weighted by molar-refractivity contribution is 6.23. The van der Waals surface area contributed by atoms with Crippen LogP contribution < -0.4 is 5.43 Å². The molecule has 0 radical (unpaired) electrons. The van der Waals surface area contributed by atoms with Gasteiger partial charge in [0, 0.05) is 7.05 Å². The summed E-state index contributed by atoms with van der Waals surface area (Å²) in [6.07, 6.45) is 1.09. The number of nitrogens with zero attached hydrogens (tertiary/aromatic N) is 1. The molecule has 0 amide bonds. The maximum atomic E-state index is 10.4. The third kappa shape index (κ3) is 4.80. The highest BCUT2D eigenvalue weighted by Crippen LogP contribution is 1.70. The Hall–Kier alpha value is -1.06. The van der Waals surface area contributed by atoms with E-state index in [0.29, 0.717) is 6.61 Å². The minimum Gasteiger partial charge on any atom is -0.462 e. The molecule has 9 heavy (non-hydrogen) atoms. The van der Waals surface area contributed by atoms with Gasteiger partial charge in [-0.05, 0) is 6.92 Å². The van der Waals surface area contributed by atoms with E-state index in [1.54, 1.807) is 14.0 Å². The van der Waals surface area contributed by atoms with Crippen LogP contribution in [-0.4, -0.2) is 25.8 Å². The van der Waals surface area contributed by atoms with Crippen LogP contribution in [0.1, 0.15) is 6.92 Å². The van der Waals surface area contributed by atoms with E-state index in [4.69, 9.17) is 0 Å². The fourth-order valence-electron chi connectivity index (χ4n) is 0.297. The molecular formula is C5H10N2O2. The molecule has 0 heterocycles. The highest BCUT2D eigenvalue weighted by Gasteiger charge is 1.91. The average Bonchev–Trinajstić information content (AvgIpc) is 1.85. The number of rotatable bonds is 3. The summed E-state index contributed by atoms with van der Waals surface area (Å²) in [4.78, 5) is 10.4. The molecule has 4 nitrogen and oxygen atoms in total. The van der Waals surface area contributed by atoms with Crippen molar-refractivity contribution in [3.8, 4) is 0 Å². The topological polar surface area (TPSA) is 50.7 Å². The van der Waals surface area contributed by atoms with Gasteiger partial charge < -0.3 is 10.2 Å². The van der Waals surface area contributed by atoms with Crippen molar-refractivity contribution in [3.63, 3.8) is 0 Å². The van der Waals surface area contributed by atoms with Gasteiger partial charge in [-0.25, -0.2) is 4.79 Å². The van der Waals surface area contributed by atoms with E-state index < -0.39 is 5.97 Å². The number of carbonyl (C=O) groups excluding carboxylic acids is 1. The van der Waals surface area contributed by atoms with Crippen LogP contribution in [0, 0.1) is 0 Å². The van der Waals surface area contributed by atoms with E-state index in [-0.39, 0.29) is 0 Å². The maximum Gasteiger partial charge on any atom is 0.351 e. The zero-order valence-electron chi connectivity index (χ0n) is 5.55. The average molecular weight is 130 g/mol. The van der Waals surface area contributed by atoms with Crippen molar-refractivity contribution in [2.45, 2.75) is 6.92 Å². The lowest BCUT2D eigenvalue weighted by atomic mass is 10.7. The molecule has 0 saturated heterocycles. The van der Waals surface area contributed by atoms with Crippen molar-refractivity contribution in [3.05, 3.63) is 0 Å². The lowest BCUT2D eigenvalue weighted by molar-refractivity contribution is -0.134. The van der Waals surface area contributed by atoms with Crippen LogP contribution in [0.3, 0.4) is 0 Å². The van der Waals surface area contributed by atoms with E-state index in [2.05, 4.69) is 15.3 Å². The Bertz CT molecular complexity index is 112. The number of ether oxygens (including phenoxy) is 1. The highest BCUT2D eigenvalue weighted by atomic mass is 16.5. The summed E-state index contributed by atoms with van der Waals surface area (Å²) in [5, 5.41) is 3.44. The Morgan fingerprint density at radius 1 is 1.89 bits per heavy atom. The number of esters is 1. The first-order valence-electron chi connectivity index (χ1n) is 2.67. The van der Waals surface area contributed by atoms with Crippen molar-refractivity contribution in [1.29, 1.82) is 0 Å². The van der Waals surface area contributed by atoms with Crippen LogP contribution in [0.4, 0.5) is 0 Å². The van der Waals surface area contributed by atoms with Gasteiger partial charge in [-0.3, -0.25) is 0 Å². The normalized spacial score (nSPS) is 9.56. The van der Waals surface area contributed by atoms with Gasteiger partial charge in [0.15, 0.2) is 0 Å². The van der Waals surface area contributed by atoms with Gasteiger partial charge in [-0.15, -0.1) is 0 Å². The number of hydrogen-bond donors (Lipinski definition) is 1. The molecule has 4 heteroatoms. The molecular weight excluding hydrogens is 120 g/mol. The fraction of sp³-hybridized carbons (Fsp3) is 0.600. The van der Waals surface area contributed by atoms with E-state index in [9.17, 15) is 4.79 Å². The predicted octanol–water partition coefficient (Wildman–Crippen LogP) is -0.245. The third-order valence-electron chi connectivity index (χ3n) is 0.586. The molecule has 0 atom stereocenters. The van der Waals surface area contributed by atoms with E-state index in [1.165, 1.54) is 0 Å². The molecule has 0 aromatic heterocycles. The van der Waals surface area contributed by atoms with Crippen LogP contribution in [0.15, 0.2) is 5.10 Å². The quantitative estimate of drug-likeness (QED) is 0.326. The van der Waals surface area contributed by atoms with Gasteiger partial charge in [0.2, 0.25) is 0 Å². The number of nitrogens with one attached hydrogen (secondary N) is 1. The Kier molecular flexibility index (Phi) is 4.49. The van der Waals surface area contributed by atoms with Crippen LogP contribution in [0.2, 0.25) is 0 Å². The monoisotopic (exact) mass is 130 g/mol. The van der Waals surface area contributed by atoms with E-state index >= 15 is 0 Å². The molecule has 0 spiro atoms. The van der Waals surface area contributed by atoms with Gasteiger partial charge in [-0.2, -0.15) is 5.10 Å². The summed E-state index contributed by atoms with van der Waals surface area (Å²) >= 11 is 0. The third-order valence-corrected chi connectivity index (χ3v) is 0.586. The molecule has 0 aromatic rings. The van der Waals surface area contributed by atoms with Crippen LogP contribution in [0.5, 0.6) is 0 Å². The summed E-state index contributed by atoms with van der Waals surface area (Å²) in [5.74, 6) is -0.424. The first-order valence-corrected chi connectivity index (χ1v) is 2.67. The van der Waals surface area contributed by atoms with Gasteiger partial charge in [0.05, 0.1) is 6.61 Å². The molecule has 0 aromatic carbocycles. The van der Waals surface area contributed by atoms with Crippen molar-refractivity contribution < 1.29 is 9.53 Å². The Morgan fingerprint density at radius 2 is 2.56 bits per heavy atom. The van der Waals surface area contributed by atoms with Gasteiger partial charge in [0.25, 0.3) is 0 Å². The van der Waals surface area contributed by atoms with Gasteiger partial charge >= 0.3 is 5.97 Å². The number of hydrogen-bond acceptors (Lipinski definition) is 4. The molecule has 0 saturated carbocycles. The van der Waals surface area contributed by atoms with Crippen molar-refractivity contribution in [1.82, 2.24) is 5.43 Å². The van der Waals surface area contributed by atoms with E-state index in [0.717, 1.165) is 6.21 Å². The molecule has 52 valence electrons. The van der Waals surface area contributed by atoms with Crippen LogP contribution in [-0.2, 0) is 9.53 Å². The first-order chi connectivity index (χ1) is 4.31. The summed E-state index contributed by atoms with van der Waals surface area (Å²) in [7, 11) is 1.61. The predicted molar refractivity (Wildman–Crippen MR) is 34.2 cm³/mol. The van der Waals surface area contributed by atoms with Crippen LogP contribution >= 0.6 is 0 Å². The second-order valence-electron chi connectivity index (χ2n) is 1.23. The molecule has 0 aliphatic carbocycles. The second-order valence-corrected chi connectivity index (χ2v) is 1.23. The van der Waals surface area contributed by atoms with Crippen molar-refractivity contribution >= 4 is 12.2 Å². The summed E-state index contributed by atoms with van der Waals surface area (Å²) < 4.78 is 4.52. The summed E-state index contributed by atoms with van der Waals surface area (Å²) in [5.41, 5.74) is 2.43. The molecule has 0 fully saturated rings. The SMILES string of the molecule is CCOC(=O)/C=N/NC. The van der Waals surface area contributed by atoms with Gasteiger partial charge in [-0.1, -0.05) is 0 Å². The lowest BCUT2D eigenvalue weighted by Gasteiger charge is -1.92. The fourth-order valence-corrected chi connectivity index (χ4v) is 0.297. The molecule has 0 aliphatic rings. The van der Waals surface area contributed by atoms with Crippen LogP contribution in [0.25, 0.3) is 0 Å². The smallest absolute Gasteiger partial charge is 0.351 e. The van der Waals surface area contributed by atoms with E-state index in [1.807, 2.05) is 0 Å². The molecule has 1 N–H and O–H groups in total. The zero-order valence-corrected chi connectivity index (χ0v) is 5.55. The van der Waals surface area contributed by atoms with Crippen molar-refractivity contribution in [2.75, 3.05) is 13.7 Å². The molecule has 0 aliphatic heterocycles. The first kappa shape index (κ1) is 7.94. The maximum absolute atomic E-state index is 10.4. The molecule has 0 bridgehead atoms. The second kappa shape index (κ2) is 5.08. The summed E-state index contributed by atoms with van der Waals surface area (Å²) in [6, 6.07) is 0. The minimum atomic E-state index is -0.424. The molecule has 0 unspecified atom stereocenters.